The van der Waals surface area contributed by atoms with Gasteiger partial charge in [0.15, 0.2) is 0 Å². The predicted molar refractivity (Wildman–Crippen MR) is 73.9 cm³/mol. The molecule has 1 aromatic heterocycles. The molecule has 1 saturated carbocycles. The first-order valence-corrected chi connectivity index (χ1v) is 7.32. The highest BCUT2D eigenvalue weighted by atomic mass is 14.8. The number of hydrogen-bond donors (Lipinski definition) is 1. The van der Waals surface area contributed by atoms with Crippen LogP contribution in [0.5, 0.6) is 0 Å². The van der Waals surface area contributed by atoms with Crippen LogP contribution < -0.4 is 5.73 Å². The van der Waals surface area contributed by atoms with Crippen molar-refractivity contribution < 1.29 is 0 Å². The summed E-state index contributed by atoms with van der Waals surface area (Å²) in [5.41, 5.74) is 7.27. The van der Waals surface area contributed by atoms with Gasteiger partial charge in [-0.25, -0.2) is 0 Å². The number of rotatable bonds is 5. The van der Waals surface area contributed by atoms with Gasteiger partial charge in [-0.05, 0) is 24.7 Å². The van der Waals surface area contributed by atoms with Crippen molar-refractivity contribution in [1.29, 1.82) is 0 Å². The lowest BCUT2D eigenvalue weighted by atomic mass is 9.76. The van der Waals surface area contributed by atoms with Crippen LogP contribution in [0, 0.1) is 11.8 Å². The van der Waals surface area contributed by atoms with E-state index in [1.54, 1.807) is 12.4 Å². The van der Waals surface area contributed by atoms with E-state index in [0.29, 0.717) is 5.92 Å². The average Bonchev–Trinajstić information content (AvgIpc) is 2.46. The monoisotopic (exact) mass is 247 g/mol. The Balaban J connectivity index is 1.82. The van der Waals surface area contributed by atoms with Crippen LogP contribution in [0.1, 0.15) is 63.6 Å². The Labute approximate surface area is 110 Å². The zero-order valence-electron chi connectivity index (χ0n) is 11.4. The topological polar surface area (TPSA) is 51.8 Å². The summed E-state index contributed by atoms with van der Waals surface area (Å²) >= 11 is 0. The van der Waals surface area contributed by atoms with E-state index in [1.807, 2.05) is 6.20 Å². The lowest BCUT2D eigenvalue weighted by Gasteiger charge is -2.31. The maximum Gasteiger partial charge on any atom is 0.0756 e. The van der Waals surface area contributed by atoms with Gasteiger partial charge in [-0.2, -0.15) is 0 Å². The van der Waals surface area contributed by atoms with Crippen LogP contribution in [-0.2, 0) is 0 Å². The summed E-state index contributed by atoms with van der Waals surface area (Å²) in [6, 6.07) is 0.0748. The van der Waals surface area contributed by atoms with E-state index >= 15 is 0 Å². The van der Waals surface area contributed by atoms with Gasteiger partial charge in [0.2, 0.25) is 0 Å². The van der Waals surface area contributed by atoms with Crippen molar-refractivity contribution in [2.75, 3.05) is 0 Å². The van der Waals surface area contributed by atoms with Crippen molar-refractivity contribution in [3.05, 3.63) is 24.3 Å². The number of aromatic nitrogens is 2. The zero-order valence-corrected chi connectivity index (χ0v) is 11.4. The van der Waals surface area contributed by atoms with Crippen LogP contribution in [0.4, 0.5) is 0 Å². The van der Waals surface area contributed by atoms with Crippen LogP contribution in [0.3, 0.4) is 0 Å². The zero-order chi connectivity index (χ0) is 12.8. The molecule has 18 heavy (non-hydrogen) atoms. The Hall–Kier alpha value is -0.960. The third-order valence-electron chi connectivity index (χ3n) is 4.29. The molecule has 3 nitrogen and oxygen atoms in total. The number of nitrogens with zero attached hydrogens (tertiary/aromatic N) is 2. The van der Waals surface area contributed by atoms with Crippen molar-refractivity contribution >= 4 is 0 Å². The van der Waals surface area contributed by atoms with E-state index in [0.717, 1.165) is 11.6 Å². The first-order chi connectivity index (χ1) is 8.81. The molecule has 1 unspecified atom stereocenters. The standard InChI is InChI=1S/C15H25N3/c1-2-3-4-12-5-7-13(8-6-12)15(16)14-11-17-9-10-18-14/h9-13,15H,2-8,16H2,1H3. The van der Waals surface area contributed by atoms with E-state index < -0.39 is 0 Å². The Bertz CT molecular complexity index is 331. The van der Waals surface area contributed by atoms with E-state index in [2.05, 4.69) is 16.9 Å². The van der Waals surface area contributed by atoms with Crippen molar-refractivity contribution in [1.82, 2.24) is 9.97 Å². The average molecular weight is 247 g/mol. The van der Waals surface area contributed by atoms with Crippen LogP contribution in [0.25, 0.3) is 0 Å². The second kappa shape index (κ2) is 6.83. The van der Waals surface area contributed by atoms with Gasteiger partial charge >= 0.3 is 0 Å². The molecule has 0 radical (unpaired) electrons. The van der Waals surface area contributed by atoms with Gasteiger partial charge in [0.25, 0.3) is 0 Å². The third kappa shape index (κ3) is 3.52. The fourth-order valence-corrected chi connectivity index (χ4v) is 3.05. The summed E-state index contributed by atoms with van der Waals surface area (Å²) in [6.45, 7) is 2.27. The Kier molecular flexibility index (Phi) is 5.12. The molecule has 0 amide bonds. The van der Waals surface area contributed by atoms with E-state index in [1.165, 1.54) is 44.9 Å². The molecular weight excluding hydrogens is 222 g/mol. The molecular formula is C15H25N3. The van der Waals surface area contributed by atoms with Gasteiger partial charge in [-0.1, -0.05) is 39.0 Å². The summed E-state index contributed by atoms with van der Waals surface area (Å²) in [5, 5.41) is 0. The normalized spacial score (nSPS) is 25.9. The molecule has 0 bridgehead atoms. The molecule has 0 aliphatic heterocycles. The Morgan fingerprint density at radius 3 is 2.67 bits per heavy atom. The number of nitrogens with two attached hydrogens (primary N) is 1. The second-order valence-corrected chi connectivity index (χ2v) is 5.58. The summed E-state index contributed by atoms with van der Waals surface area (Å²) in [4.78, 5) is 8.45. The molecule has 0 aromatic carbocycles. The highest BCUT2D eigenvalue weighted by Gasteiger charge is 2.26. The molecule has 100 valence electrons. The minimum atomic E-state index is 0.0748. The second-order valence-electron chi connectivity index (χ2n) is 5.58. The molecule has 0 spiro atoms. The SMILES string of the molecule is CCCCC1CCC(C(N)c2cnccn2)CC1. The van der Waals surface area contributed by atoms with Crippen molar-refractivity contribution in [3.8, 4) is 0 Å². The first-order valence-electron chi connectivity index (χ1n) is 7.32. The van der Waals surface area contributed by atoms with Gasteiger partial charge in [-0.15, -0.1) is 0 Å². The van der Waals surface area contributed by atoms with Gasteiger partial charge < -0.3 is 5.73 Å². The lowest BCUT2D eigenvalue weighted by Crippen LogP contribution is -2.26. The molecule has 2 N–H and O–H groups in total. The molecule has 1 atom stereocenters. The number of unbranched alkanes of at least 4 members (excludes halogenated alkanes) is 1. The van der Waals surface area contributed by atoms with E-state index in [-0.39, 0.29) is 6.04 Å². The Morgan fingerprint density at radius 2 is 2.06 bits per heavy atom. The molecule has 0 saturated heterocycles. The highest BCUT2D eigenvalue weighted by molar-refractivity contribution is 5.03. The van der Waals surface area contributed by atoms with Gasteiger partial charge in [0, 0.05) is 18.6 Å². The summed E-state index contributed by atoms with van der Waals surface area (Å²) < 4.78 is 0. The van der Waals surface area contributed by atoms with Gasteiger partial charge in [0.05, 0.1) is 11.7 Å². The van der Waals surface area contributed by atoms with E-state index in [4.69, 9.17) is 5.73 Å². The predicted octanol–water partition coefficient (Wildman–Crippen LogP) is 3.47. The smallest absolute Gasteiger partial charge is 0.0756 e. The van der Waals surface area contributed by atoms with Gasteiger partial charge in [0.1, 0.15) is 0 Å². The minimum absolute atomic E-state index is 0.0748. The number of hydrogen-bond acceptors (Lipinski definition) is 3. The lowest BCUT2D eigenvalue weighted by molar-refractivity contribution is 0.230. The maximum absolute atomic E-state index is 6.31. The fraction of sp³-hybridized carbons (Fsp3) is 0.733. The molecule has 2 rings (SSSR count). The fourth-order valence-electron chi connectivity index (χ4n) is 3.05. The molecule has 1 aromatic rings. The molecule has 1 fully saturated rings. The maximum atomic E-state index is 6.31. The first kappa shape index (κ1) is 13.5. The Morgan fingerprint density at radius 1 is 1.28 bits per heavy atom. The van der Waals surface area contributed by atoms with Gasteiger partial charge in [-0.3, -0.25) is 9.97 Å². The van der Waals surface area contributed by atoms with Crippen LogP contribution in [-0.4, -0.2) is 9.97 Å². The van der Waals surface area contributed by atoms with Crippen LogP contribution >= 0.6 is 0 Å². The van der Waals surface area contributed by atoms with Crippen molar-refractivity contribution in [3.63, 3.8) is 0 Å². The molecule has 1 heterocycles. The highest BCUT2D eigenvalue weighted by Crippen LogP contribution is 2.36. The van der Waals surface area contributed by atoms with Crippen molar-refractivity contribution in [2.45, 2.75) is 57.9 Å². The molecule has 1 aliphatic rings. The van der Waals surface area contributed by atoms with Crippen LogP contribution in [0.15, 0.2) is 18.6 Å². The minimum Gasteiger partial charge on any atom is -0.322 e. The summed E-state index contributed by atoms with van der Waals surface area (Å²) in [5.74, 6) is 1.54. The molecule has 1 aliphatic carbocycles. The quantitative estimate of drug-likeness (QED) is 0.866. The molecule has 3 heteroatoms. The van der Waals surface area contributed by atoms with E-state index in [9.17, 15) is 0 Å². The van der Waals surface area contributed by atoms with Crippen LogP contribution in [0.2, 0.25) is 0 Å². The van der Waals surface area contributed by atoms with Crippen molar-refractivity contribution in [2.24, 2.45) is 17.6 Å². The summed E-state index contributed by atoms with van der Waals surface area (Å²) in [6.07, 6.45) is 14.6. The largest absolute Gasteiger partial charge is 0.322 e. The summed E-state index contributed by atoms with van der Waals surface area (Å²) in [7, 11) is 0. The third-order valence-corrected chi connectivity index (χ3v) is 4.29.